The summed E-state index contributed by atoms with van der Waals surface area (Å²) >= 11 is 9.83. The van der Waals surface area contributed by atoms with Crippen molar-refractivity contribution in [3.05, 3.63) is 40.4 Å². The SMILES string of the molecule is Clc1ccccc1C=C(CBr)C1CCCCC1. The predicted octanol–water partition coefficient (Wildman–Crippen LogP) is 5.70. The lowest BCUT2D eigenvalue weighted by Gasteiger charge is -2.23. The minimum atomic E-state index is 0.749. The first-order chi connectivity index (χ1) is 8.31. The number of rotatable bonds is 3. The van der Waals surface area contributed by atoms with E-state index >= 15 is 0 Å². The van der Waals surface area contributed by atoms with Crippen molar-refractivity contribution in [2.45, 2.75) is 32.1 Å². The van der Waals surface area contributed by atoms with Gasteiger partial charge in [-0.2, -0.15) is 0 Å². The second-order valence-corrected chi connectivity index (χ2v) is 5.68. The second-order valence-electron chi connectivity index (χ2n) is 4.71. The normalized spacial score (nSPS) is 18.4. The van der Waals surface area contributed by atoms with E-state index in [1.54, 1.807) is 0 Å². The van der Waals surface area contributed by atoms with Crippen LogP contribution in [0.4, 0.5) is 0 Å². The van der Waals surface area contributed by atoms with Gasteiger partial charge < -0.3 is 0 Å². The Balaban J connectivity index is 2.19. The largest absolute Gasteiger partial charge is 0.0880 e. The first-order valence-corrected chi connectivity index (χ1v) is 7.82. The van der Waals surface area contributed by atoms with Gasteiger partial charge in [0.2, 0.25) is 0 Å². The molecule has 0 amide bonds. The molecule has 0 aromatic heterocycles. The van der Waals surface area contributed by atoms with Crippen molar-refractivity contribution in [1.82, 2.24) is 0 Å². The van der Waals surface area contributed by atoms with Gasteiger partial charge in [-0.1, -0.05) is 76.6 Å². The van der Waals surface area contributed by atoms with Gasteiger partial charge in [0, 0.05) is 10.4 Å². The maximum atomic E-state index is 6.20. The zero-order chi connectivity index (χ0) is 12.1. The molecule has 2 heteroatoms. The maximum Gasteiger partial charge on any atom is 0.0478 e. The predicted molar refractivity (Wildman–Crippen MR) is 79.8 cm³/mol. The summed E-state index contributed by atoms with van der Waals surface area (Å²) in [6.45, 7) is 0. The highest BCUT2D eigenvalue weighted by atomic mass is 79.9. The van der Waals surface area contributed by atoms with Crippen molar-refractivity contribution in [3.8, 4) is 0 Å². The van der Waals surface area contributed by atoms with Crippen LogP contribution in [-0.2, 0) is 0 Å². The molecule has 0 spiro atoms. The molecule has 0 radical (unpaired) electrons. The van der Waals surface area contributed by atoms with Crippen LogP contribution in [0.15, 0.2) is 29.8 Å². The van der Waals surface area contributed by atoms with Crippen LogP contribution < -0.4 is 0 Å². The van der Waals surface area contributed by atoms with E-state index in [9.17, 15) is 0 Å². The van der Waals surface area contributed by atoms with Crippen molar-refractivity contribution >= 4 is 33.6 Å². The fourth-order valence-corrected chi connectivity index (χ4v) is 3.34. The molecule has 1 aromatic carbocycles. The van der Waals surface area contributed by atoms with Crippen molar-refractivity contribution in [2.24, 2.45) is 5.92 Å². The summed E-state index contributed by atoms with van der Waals surface area (Å²) in [6.07, 6.45) is 9.09. The van der Waals surface area contributed by atoms with E-state index < -0.39 is 0 Å². The summed E-state index contributed by atoms with van der Waals surface area (Å²) in [5, 5.41) is 1.81. The summed E-state index contributed by atoms with van der Waals surface area (Å²) in [7, 11) is 0. The van der Waals surface area contributed by atoms with Crippen molar-refractivity contribution in [1.29, 1.82) is 0 Å². The molecule has 1 aromatic rings. The van der Waals surface area contributed by atoms with Gasteiger partial charge in [0.25, 0.3) is 0 Å². The Hall–Kier alpha value is -0.270. The van der Waals surface area contributed by atoms with Crippen LogP contribution in [0, 0.1) is 5.92 Å². The number of hydrogen-bond donors (Lipinski definition) is 0. The Morgan fingerprint density at radius 1 is 1.24 bits per heavy atom. The minimum absolute atomic E-state index is 0.749. The molecule has 1 aliphatic rings. The van der Waals surface area contributed by atoms with E-state index in [1.807, 2.05) is 18.2 Å². The monoisotopic (exact) mass is 312 g/mol. The van der Waals surface area contributed by atoms with Gasteiger partial charge in [0.15, 0.2) is 0 Å². The third kappa shape index (κ3) is 3.59. The van der Waals surface area contributed by atoms with Crippen molar-refractivity contribution in [3.63, 3.8) is 0 Å². The van der Waals surface area contributed by atoms with Crippen LogP contribution in [-0.4, -0.2) is 5.33 Å². The number of allylic oxidation sites excluding steroid dienone is 1. The molecule has 0 heterocycles. The number of benzene rings is 1. The molecule has 1 aliphatic carbocycles. The molecule has 0 N–H and O–H groups in total. The van der Waals surface area contributed by atoms with Gasteiger partial charge in [0.05, 0.1) is 0 Å². The first-order valence-electron chi connectivity index (χ1n) is 6.32. The molecule has 1 saturated carbocycles. The standard InChI is InChI=1S/C15H18BrCl/c16-11-14(12-6-2-1-3-7-12)10-13-8-4-5-9-15(13)17/h4-5,8-10,12H,1-3,6-7,11H2. The molecule has 0 atom stereocenters. The fourth-order valence-electron chi connectivity index (χ4n) is 2.53. The van der Waals surface area contributed by atoms with Gasteiger partial charge in [-0.15, -0.1) is 0 Å². The van der Waals surface area contributed by atoms with E-state index in [0.717, 1.165) is 21.8 Å². The highest BCUT2D eigenvalue weighted by Crippen LogP contribution is 2.32. The maximum absolute atomic E-state index is 6.20. The average molecular weight is 314 g/mol. The molecule has 1 fully saturated rings. The Morgan fingerprint density at radius 3 is 2.59 bits per heavy atom. The van der Waals surface area contributed by atoms with Gasteiger partial charge in [-0.05, 0) is 30.4 Å². The van der Waals surface area contributed by atoms with Gasteiger partial charge in [0.1, 0.15) is 0 Å². The number of alkyl halides is 1. The summed E-state index contributed by atoms with van der Waals surface area (Å²) in [5.41, 5.74) is 2.65. The second kappa shape index (κ2) is 6.61. The highest BCUT2D eigenvalue weighted by molar-refractivity contribution is 9.09. The van der Waals surface area contributed by atoms with E-state index in [-0.39, 0.29) is 0 Å². The zero-order valence-electron chi connectivity index (χ0n) is 9.96. The van der Waals surface area contributed by atoms with Gasteiger partial charge in [-0.25, -0.2) is 0 Å². The van der Waals surface area contributed by atoms with Crippen LogP contribution in [0.3, 0.4) is 0 Å². The minimum Gasteiger partial charge on any atom is -0.0880 e. The third-order valence-electron chi connectivity index (χ3n) is 3.53. The molecule has 92 valence electrons. The molecule has 0 bridgehead atoms. The summed E-state index contributed by atoms with van der Waals surface area (Å²) in [5.74, 6) is 0.749. The Morgan fingerprint density at radius 2 is 1.94 bits per heavy atom. The fraction of sp³-hybridized carbons (Fsp3) is 0.467. The van der Waals surface area contributed by atoms with Crippen molar-refractivity contribution in [2.75, 3.05) is 5.33 Å². The first kappa shape index (κ1) is 13.2. The smallest absolute Gasteiger partial charge is 0.0478 e. The molecular weight excluding hydrogens is 296 g/mol. The Bertz CT molecular complexity index is 392. The number of hydrogen-bond acceptors (Lipinski definition) is 0. The highest BCUT2D eigenvalue weighted by Gasteiger charge is 2.17. The molecule has 0 saturated heterocycles. The molecule has 0 unspecified atom stereocenters. The van der Waals surface area contributed by atoms with Crippen LogP contribution in [0.25, 0.3) is 6.08 Å². The topological polar surface area (TPSA) is 0 Å². The van der Waals surface area contributed by atoms with E-state index in [2.05, 4.69) is 28.1 Å². The van der Waals surface area contributed by atoms with Crippen molar-refractivity contribution < 1.29 is 0 Å². The Kier molecular flexibility index (Phi) is 5.12. The molecule has 17 heavy (non-hydrogen) atoms. The summed E-state index contributed by atoms with van der Waals surface area (Å²) < 4.78 is 0. The molecular formula is C15H18BrCl. The lowest BCUT2D eigenvalue weighted by atomic mass is 9.84. The van der Waals surface area contributed by atoms with Gasteiger partial charge >= 0.3 is 0 Å². The molecule has 0 aliphatic heterocycles. The number of halogens is 2. The lowest BCUT2D eigenvalue weighted by Crippen LogP contribution is -2.10. The molecule has 0 nitrogen and oxygen atoms in total. The van der Waals surface area contributed by atoms with Crippen LogP contribution >= 0.6 is 27.5 Å². The van der Waals surface area contributed by atoms with E-state index in [0.29, 0.717) is 0 Å². The van der Waals surface area contributed by atoms with Crippen LogP contribution in [0.1, 0.15) is 37.7 Å². The van der Waals surface area contributed by atoms with Crippen LogP contribution in [0.2, 0.25) is 5.02 Å². The lowest BCUT2D eigenvalue weighted by molar-refractivity contribution is 0.405. The summed E-state index contributed by atoms with van der Waals surface area (Å²) in [4.78, 5) is 0. The average Bonchev–Trinajstić information content (AvgIpc) is 2.39. The zero-order valence-corrected chi connectivity index (χ0v) is 12.3. The van der Waals surface area contributed by atoms with Crippen LogP contribution in [0.5, 0.6) is 0 Å². The summed E-state index contributed by atoms with van der Waals surface area (Å²) in [6, 6.07) is 8.08. The van der Waals surface area contributed by atoms with E-state index in [4.69, 9.17) is 11.6 Å². The quantitative estimate of drug-likeness (QED) is 0.628. The van der Waals surface area contributed by atoms with Gasteiger partial charge in [-0.3, -0.25) is 0 Å². The Labute approximate surface area is 117 Å². The molecule has 2 rings (SSSR count). The third-order valence-corrected chi connectivity index (χ3v) is 4.52. The van der Waals surface area contributed by atoms with E-state index in [1.165, 1.54) is 37.7 Å².